The topological polar surface area (TPSA) is 96.9 Å². The third-order valence-corrected chi connectivity index (χ3v) is 3.50. The molecule has 1 aromatic rings. The third kappa shape index (κ3) is 4.48. The van der Waals surface area contributed by atoms with Gasteiger partial charge in [0.25, 0.3) is 0 Å². The summed E-state index contributed by atoms with van der Waals surface area (Å²) in [4.78, 5) is 24.2. The smallest absolute Gasteiger partial charge is 0.338 e. The predicted octanol–water partition coefficient (Wildman–Crippen LogP) is 1.99. The second-order valence-corrected chi connectivity index (χ2v) is 5.41. The standard InChI is InChI=1S/C17H22N2O5/c1-3-7-23-8-9-24-16(21)14-11(2)18-17(22)19-15(14)12-5-4-6-13(20)10-12/h4-6,10,15,20H,3,7-9H2,1-2H3,(H2,18,19,22)/t15-/m0/s1. The van der Waals surface area contributed by atoms with Gasteiger partial charge in [-0.15, -0.1) is 0 Å². The van der Waals surface area contributed by atoms with Crippen molar-refractivity contribution in [2.75, 3.05) is 19.8 Å². The van der Waals surface area contributed by atoms with Crippen molar-refractivity contribution in [1.29, 1.82) is 0 Å². The molecule has 1 heterocycles. The molecule has 1 aliphatic heterocycles. The number of amides is 2. The maximum atomic E-state index is 12.4. The Morgan fingerprint density at radius 1 is 1.29 bits per heavy atom. The van der Waals surface area contributed by atoms with E-state index in [1.807, 2.05) is 6.92 Å². The van der Waals surface area contributed by atoms with Gasteiger partial charge in [-0.3, -0.25) is 0 Å². The van der Waals surface area contributed by atoms with Crippen LogP contribution in [-0.4, -0.2) is 36.9 Å². The fourth-order valence-electron chi connectivity index (χ4n) is 2.44. The van der Waals surface area contributed by atoms with E-state index in [2.05, 4.69) is 10.6 Å². The van der Waals surface area contributed by atoms with Crippen LogP contribution in [0.4, 0.5) is 4.79 Å². The number of phenolic OH excluding ortho intramolecular Hbond substituents is 1. The molecule has 1 aromatic carbocycles. The van der Waals surface area contributed by atoms with E-state index >= 15 is 0 Å². The average molecular weight is 334 g/mol. The lowest BCUT2D eigenvalue weighted by Crippen LogP contribution is -2.45. The Balaban J connectivity index is 2.15. The Labute approximate surface area is 140 Å². The van der Waals surface area contributed by atoms with Gasteiger partial charge in [0.1, 0.15) is 12.4 Å². The number of hydrogen-bond acceptors (Lipinski definition) is 5. The summed E-state index contributed by atoms with van der Waals surface area (Å²) in [6.07, 6.45) is 0.897. The highest BCUT2D eigenvalue weighted by Gasteiger charge is 2.32. The number of rotatable bonds is 7. The number of allylic oxidation sites excluding steroid dienone is 1. The average Bonchev–Trinajstić information content (AvgIpc) is 2.53. The molecule has 0 aliphatic carbocycles. The minimum atomic E-state index is -0.685. The van der Waals surface area contributed by atoms with Gasteiger partial charge in [0.15, 0.2) is 0 Å². The molecule has 0 unspecified atom stereocenters. The van der Waals surface area contributed by atoms with Crippen LogP contribution in [0.2, 0.25) is 0 Å². The van der Waals surface area contributed by atoms with Crippen LogP contribution in [0.15, 0.2) is 35.5 Å². The number of nitrogens with one attached hydrogen (secondary N) is 2. The van der Waals surface area contributed by atoms with Gasteiger partial charge < -0.3 is 25.2 Å². The number of ether oxygens (including phenoxy) is 2. The van der Waals surface area contributed by atoms with Gasteiger partial charge in [-0.1, -0.05) is 19.1 Å². The number of phenols is 1. The minimum Gasteiger partial charge on any atom is -0.508 e. The van der Waals surface area contributed by atoms with Gasteiger partial charge in [0.2, 0.25) is 0 Å². The first-order valence-corrected chi connectivity index (χ1v) is 7.85. The molecule has 3 N–H and O–H groups in total. The summed E-state index contributed by atoms with van der Waals surface area (Å²) in [7, 11) is 0. The van der Waals surface area contributed by atoms with E-state index in [1.165, 1.54) is 12.1 Å². The molecule has 7 nitrogen and oxygen atoms in total. The Morgan fingerprint density at radius 2 is 2.08 bits per heavy atom. The lowest BCUT2D eigenvalue weighted by Gasteiger charge is -2.28. The minimum absolute atomic E-state index is 0.0543. The number of esters is 1. The van der Waals surface area contributed by atoms with Crippen LogP contribution in [0.25, 0.3) is 0 Å². The Bertz CT molecular complexity index is 642. The molecule has 0 saturated heterocycles. The van der Waals surface area contributed by atoms with Crippen molar-refractivity contribution < 1.29 is 24.2 Å². The van der Waals surface area contributed by atoms with Crippen LogP contribution in [-0.2, 0) is 14.3 Å². The Hall–Kier alpha value is -2.54. The Kier molecular flexibility index (Phi) is 6.20. The van der Waals surface area contributed by atoms with Crippen LogP contribution < -0.4 is 10.6 Å². The van der Waals surface area contributed by atoms with Gasteiger partial charge in [0, 0.05) is 12.3 Å². The molecule has 0 spiro atoms. The van der Waals surface area contributed by atoms with Crippen molar-refractivity contribution in [3.63, 3.8) is 0 Å². The normalized spacial score (nSPS) is 17.2. The first kappa shape index (κ1) is 17.8. The largest absolute Gasteiger partial charge is 0.508 e. The quantitative estimate of drug-likeness (QED) is 0.523. The second-order valence-electron chi connectivity index (χ2n) is 5.41. The van der Waals surface area contributed by atoms with Crippen molar-refractivity contribution >= 4 is 12.0 Å². The molecule has 0 bridgehead atoms. The van der Waals surface area contributed by atoms with Crippen molar-refractivity contribution in [3.05, 3.63) is 41.1 Å². The van der Waals surface area contributed by atoms with Gasteiger partial charge in [0.05, 0.1) is 18.2 Å². The summed E-state index contributed by atoms with van der Waals surface area (Å²) in [6, 6.07) is 5.29. The fourth-order valence-corrected chi connectivity index (χ4v) is 2.44. The van der Waals surface area contributed by atoms with Crippen molar-refractivity contribution in [3.8, 4) is 5.75 Å². The van der Waals surface area contributed by atoms with E-state index in [0.717, 1.165) is 6.42 Å². The lowest BCUT2D eigenvalue weighted by atomic mass is 9.95. The van der Waals surface area contributed by atoms with Gasteiger partial charge >= 0.3 is 12.0 Å². The predicted molar refractivity (Wildman–Crippen MR) is 87.3 cm³/mol. The molecular weight excluding hydrogens is 312 g/mol. The summed E-state index contributed by atoms with van der Waals surface area (Å²) >= 11 is 0. The van der Waals surface area contributed by atoms with Crippen LogP contribution in [0.5, 0.6) is 5.75 Å². The molecule has 7 heteroatoms. The van der Waals surface area contributed by atoms with Crippen molar-refractivity contribution in [2.45, 2.75) is 26.3 Å². The molecule has 130 valence electrons. The van der Waals surface area contributed by atoms with Crippen LogP contribution in [0, 0.1) is 0 Å². The van der Waals surface area contributed by atoms with E-state index in [-0.39, 0.29) is 12.4 Å². The van der Waals surface area contributed by atoms with E-state index in [0.29, 0.717) is 30.0 Å². The molecule has 1 atom stereocenters. The van der Waals surface area contributed by atoms with E-state index in [9.17, 15) is 14.7 Å². The molecular formula is C17H22N2O5. The number of carbonyl (C=O) groups is 2. The number of carbonyl (C=O) groups excluding carboxylic acids is 2. The number of hydrogen-bond donors (Lipinski definition) is 3. The summed E-state index contributed by atoms with van der Waals surface area (Å²) in [5.41, 5.74) is 1.32. The van der Waals surface area contributed by atoms with E-state index < -0.39 is 18.0 Å². The van der Waals surface area contributed by atoms with E-state index in [1.54, 1.807) is 19.1 Å². The second kappa shape index (κ2) is 8.35. The zero-order chi connectivity index (χ0) is 17.5. The zero-order valence-corrected chi connectivity index (χ0v) is 13.8. The molecule has 0 fully saturated rings. The van der Waals surface area contributed by atoms with Gasteiger partial charge in [-0.25, -0.2) is 9.59 Å². The van der Waals surface area contributed by atoms with E-state index in [4.69, 9.17) is 9.47 Å². The highest BCUT2D eigenvalue weighted by Crippen LogP contribution is 2.29. The zero-order valence-electron chi connectivity index (χ0n) is 13.8. The fraction of sp³-hybridized carbons (Fsp3) is 0.412. The number of benzene rings is 1. The maximum Gasteiger partial charge on any atom is 0.338 e. The summed E-state index contributed by atoms with van der Waals surface area (Å²) in [5, 5.41) is 14.9. The molecule has 0 radical (unpaired) electrons. The summed E-state index contributed by atoms with van der Waals surface area (Å²) < 4.78 is 10.5. The molecule has 24 heavy (non-hydrogen) atoms. The SMILES string of the molecule is CCCOCCOC(=O)C1=C(C)NC(=O)N[C@H]1c1cccc(O)c1. The highest BCUT2D eigenvalue weighted by atomic mass is 16.6. The first-order valence-electron chi connectivity index (χ1n) is 7.85. The molecule has 1 aliphatic rings. The van der Waals surface area contributed by atoms with Gasteiger partial charge in [-0.05, 0) is 31.0 Å². The number of urea groups is 1. The summed E-state index contributed by atoms with van der Waals surface area (Å²) in [5.74, 6) is -0.480. The third-order valence-electron chi connectivity index (χ3n) is 3.50. The molecule has 0 saturated carbocycles. The highest BCUT2D eigenvalue weighted by molar-refractivity contribution is 5.95. The first-order chi connectivity index (χ1) is 11.5. The van der Waals surface area contributed by atoms with Crippen molar-refractivity contribution in [2.24, 2.45) is 0 Å². The lowest BCUT2D eigenvalue weighted by molar-refractivity contribution is -0.141. The van der Waals surface area contributed by atoms with Crippen LogP contribution >= 0.6 is 0 Å². The monoisotopic (exact) mass is 334 g/mol. The molecule has 0 aromatic heterocycles. The maximum absolute atomic E-state index is 12.4. The van der Waals surface area contributed by atoms with Crippen LogP contribution in [0.3, 0.4) is 0 Å². The number of aromatic hydroxyl groups is 1. The molecule has 2 amide bonds. The van der Waals surface area contributed by atoms with Crippen molar-refractivity contribution in [1.82, 2.24) is 10.6 Å². The molecule has 2 rings (SSSR count). The Morgan fingerprint density at radius 3 is 2.79 bits per heavy atom. The van der Waals surface area contributed by atoms with Crippen LogP contribution in [0.1, 0.15) is 31.9 Å². The summed E-state index contributed by atoms with van der Waals surface area (Å²) in [6.45, 7) is 4.71. The van der Waals surface area contributed by atoms with Gasteiger partial charge in [-0.2, -0.15) is 0 Å².